The highest BCUT2D eigenvalue weighted by Gasteiger charge is 2.23. The van der Waals surface area contributed by atoms with Gasteiger partial charge in [-0.2, -0.15) is 5.10 Å². The second kappa shape index (κ2) is 8.14. The molecule has 0 spiro atoms. The summed E-state index contributed by atoms with van der Waals surface area (Å²) in [5.41, 5.74) is 2.91. The quantitative estimate of drug-likeness (QED) is 0.733. The molecule has 27 heavy (non-hydrogen) atoms. The summed E-state index contributed by atoms with van der Waals surface area (Å²) in [6.07, 6.45) is 3.51. The van der Waals surface area contributed by atoms with Crippen molar-refractivity contribution in [3.8, 4) is 11.4 Å². The average Bonchev–Trinajstić information content (AvgIpc) is 3.28. The number of amides is 1. The molecular weight excluding hydrogens is 338 g/mol. The lowest BCUT2D eigenvalue weighted by Gasteiger charge is -2.32. The fourth-order valence-corrected chi connectivity index (χ4v) is 3.44. The summed E-state index contributed by atoms with van der Waals surface area (Å²) >= 11 is 0. The van der Waals surface area contributed by atoms with Gasteiger partial charge in [0.05, 0.1) is 0 Å². The van der Waals surface area contributed by atoms with Crippen molar-refractivity contribution in [2.24, 2.45) is 0 Å². The number of carbonyl (C=O) groups excluding carboxylic acids is 1. The van der Waals surface area contributed by atoms with E-state index in [1.807, 2.05) is 35.2 Å². The average molecular weight is 361 g/mol. The third kappa shape index (κ3) is 4.23. The predicted octanol–water partition coefficient (Wildman–Crippen LogP) is 2.87. The predicted molar refractivity (Wildman–Crippen MR) is 104 cm³/mol. The molecule has 4 rings (SSSR count). The van der Waals surface area contributed by atoms with Gasteiger partial charge in [-0.1, -0.05) is 42.5 Å². The van der Waals surface area contributed by atoms with Crippen LogP contribution in [0.2, 0.25) is 0 Å². The SMILES string of the molecule is O=C(c1ccc(-c2nc[nH]n2)cc1)N1CCC(NCc2ccccc2)CC1. The number of likely N-dealkylation sites (tertiary alicyclic amines) is 1. The molecular formula is C21H23N5O. The van der Waals surface area contributed by atoms with E-state index in [-0.39, 0.29) is 5.91 Å². The zero-order valence-corrected chi connectivity index (χ0v) is 15.1. The molecule has 138 valence electrons. The summed E-state index contributed by atoms with van der Waals surface area (Å²) in [4.78, 5) is 18.8. The van der Waals surface area contributed by atoms with Crippen LogP contribution in [-0.2, 0) is 6.54 Å². The Morgan fingerprint density at radius 2 is 1.81 bits per heavy atom. The van der Waals surface area contributed by atoms with E-state index in [0.29, 0.717) is 17.4 Å². The van der Waals surface area contributed by atoms with E-state index in [1.54, 1.807) is 6.33 Å². The van der Waals surface area contributed by atoms with Crippen LogP contribution in [0.3, 0.4) is 0 Å². The van der Waals surface area contributed by atoms with Gasteiger partial charge in [0.25, 0.3) is 5.91 Å². The first-order valence-corrected chi connectivity index (χ1v) is 9.32. The Balaban J connectivity index is 1.29. The molecule has 0 radical (unpaired) electrons. The fraction of sp³-hybridized carbons (Fsp3) is 0.286. The van der Waals surface area contributed by atoms with Crippen molar-refractivity contribution >= 4 is 5.91 Å². The number of benzene rings is 2. The number of hydrogen-bond acceptors (Lipinski definition) is 4. The maximum atomic E-state index is 12.8. The molecule has 0 bridgehead atoms. The van der Waals surface area contributed by atoms with Crippen LogP contribution in [0.4, 0.5) is 0 Å². The van der Waals surface area contributed by atoms with Crippen LogP contribution in [0.15, 0.2) is 60.9 Å². The molecule has 1 fully saturated rings. The Morgan fingerprint density at radius 1 is 1.07 bits per heavy atom. The minimum Gasteiger partial charge on any atom is -0.339 e. The third-order valence-electron chi connectivity index (χ3n) is 5.02. The van der Waals surface area contributed by atoms with Gasteiger partial charge in [-0.25, -0.2) is 4.98 Å². The molecule has 6 heteroatoms. The zero-order chi connectivity index (χ0) is 18.5. The summed E-state index contributed by atoms with van der Waals surface area (Å²) in [7, 11) is 0. The van der Waals surface area contributed by atoms with E-state index < -0.39 is 0 Å². The molecule has 0 unspecified atom stereocenters. The van der Waals surface area contributed by atoms with Crippen LogP contribution < -0.4 is 5.32 Å². The van der Waals surface area contributed by atoms with Crippen molar-refractivity contribution in [3.05, 3.63) is 72.1 Å². The minimum atomic E-state index is 0.0954. The number of piperidine rings is 1. The Bertz CT molecular complexity index is 853. The van der Waals surface area contributed by atoms with E-state index in [2.05, 4.69) is 44.8 Å². The largest absolute Gasteiger partial charge is 0.339 e. The molecule has 2 N–H and O–H groups in total. The lowest BCUT2D eigenvalue weighted by molar-refractivity contribution is 0.0704. The third-order valence-corrected chi connectivity index (χ3v) is 5.02. The molecule has 1 aliphatic rings. The number of hydrogen-bond donors (Lipinski definition) is 2. The van der Waals surface area contributed by atoms with Crippen molar-refractivity contribution in [3.63, 3.8) is 0 Å². The van der Waals surface area contributed by atoms with E-state index in [4.69, 9.17) is 0 Å². The Morgan fingerprint density at radius 3 is 2.48 bits per heavy atom. The molecule has 1 aliphatic heterocycles. The molecule has 0 atom stereocenters. The monoisotopic (exact) mass is 361 g/mol. The number of aromatic nitrogens is 3. The summed E-state index contributed by atoms with van der Waals surface area (Å²) in [6, 6.07) is 18.4. The van der Waals surface area contributed by atoms with Gasteiger partial charge in [0.15, 0.2) is 5.82 Å². The van der Waals surface area contributed by atoms with Gasteiger partial charge in [-0.05, 0) is 30.5 Å². The smallest absolute Gasteiger partial charge is 0.253 e. The van der Waals surface area contributed by atoms with Crippen LogP contribution >= 0.6 is 0 Å². The topological polar surface area (TPSA) is 73.9 Å². The second-order valence-electron chi connectivity index (χ2n) is 6.83. The second-order valence-corrected chi connectivity index (χ2v) is 6.83. The highest BCUT2D eigenvalue weighted by molar-refractivity contribution is 5.94. The molecule has 0 saturated carbocycles. The van der Waals surface area contributed by atoms with Crippen LogP contribution in [0.25, 0.3) is 11.4 Å². The molecule has 2 heterocycles. The summed E-state index contributed by atoms with van der Waals surface area (Å²) in [5.74, 6) is 0.734. The zero-order valence-electron chi connectivity index (χ0n) is 15.1. The van der Waals surface area contributed by atoms with Gasteiger partial charge in [0.1, 0.15) is 6.33 Å². The van der Waals surface area contributed by atoms with Crippen LogP contribution in [0, 0.1) is 0 Å². The number of carbonyl (C=O) groups is 1. The van der Waals surface area contributed by atoms with Gasteiger partial charge < -0.3 is 10.2 Å². The first-order chi connectivity index (χ1) is 13.3. The van der Waals surface area contributed by atoms with Crippen molar-refractivity contribution < 1.29 is 4.79 Å². The van der Waals surface area contributed by atoms with Gasteiger partial charge in [-0.15, -0.1) is 0 Å². The lowest BCUT2D eigenvalue weighted by Crippen LogP contribution is -2.44. The Hall–Kier alpha value is -2.99. The van der Waals surface area contributed by atoms with E-state index in [0.717, 1.165) is 38.0 Å². The molecule has 1 aromatic heterocycles. The van der Waals surface area contributed by atoms with Gasteiger partial charge in [0, 0.05) is 36.8 Å². The summed E-state index contributed by atoms with van der Waals surface area (Å²) < 4.78 is 0. The number of nitrogens with zero attached hydrogens (tertiary/aromatic N) is 3. The number of rotatable bonds is 5. The van der Waals surface area contributed by atoms with Crippen molar-refractivity contribution in [2.75, 3.05) is 13.1 Å². The molecule has 6 nitrogen and oxygen atoms in total. The standard InChI is InChI=1S/C21H23N5O/c27-21(18-8-6-17(7-9-18)20-23-15-24-25-20)26-12-10-19(11-13-26)22-14-16-4-2-1-3-5-16/h1-9,15,19,22H,10-14H2,(H,23,24,25). The van der Waals surface area contributed by atoms with Gasteiger partial charge in [0.2, 0.25) is 0 Å². The van der Waals surface area contributed by atoms with Crippen LogP contribution in [0.5, 0.6) is 0 Å². The lowest BCUT2D eigenvalue weighted by atomic mass is 10.0. The highest BCUT2D eigenvalue weighted by atomic mass is 16.2. The van der Waals surface area contributed by atoms with E-state index in [1.165, 1.54) is 5.56 Å². The first-order valence-electron chi connectivity index (χ1n) is 9.32. The normalized spacial score (nSPS) is 15.0. The first kappa shape index (κ1) is 17.4. The minimum absolute atomic E-state index is 0.0954. The van der Waals surface area contributed by atoms with Gasteiger partial charge >= 0.3 is 0 Å². The van der Waals surface area contributed by atoms with Crippen LogP contribution in [-0.4, -0.2) is 45.1 Å². The Labute approximate surface area is 158 Å². The molecule has 0 aliphatic carbocycles. The van der Waals surface area contributed by atoms with Crippen LogP contribution in [0.1, 0.15) is 28.8 Å². The maximum absolute atomic E-state index is 12.8. The van der Waals surface area contributed by atoms with E-state index >= 15 is 0 Å². The number of H-pyrrole nitrogens is 1. The van der Waals surface area contributed by atoms with Crippen molar-refractivity contribution in [1.82, 2.24) is 25.4 Å². The van der Waals surface area contributed by atoms with Gasteiger partial charge in [-0.3, -0.25) is 9.89 Å². The summed E-state index contributed by atoms with van der Waals surface area (Å²) in [5, 5.41) is 10.4. The number of nitrogens with one attached hydrogen (secondary N) is 2. The maximum Gasteiger partial charge on any atom is 0.253 e. The Kier molecular flexibility index (Phi) is 5.25. The molecule has 1 saturated heterocycles. The number of aromatic amines is 1. The van der Waals surface area contributed by atoms with E-state index in [9.17, 15) is 4.79 Å². The molecule has 1 amide bonds. The van der Waals surface area contributed by atoms with Crippen molar-refractivity contribution in [2.45, 2.75) is 25.4 Å². The highest BCUT2D eigenvalue weighted by Crippen LogP contribution is 2.18. The van der Waals surface area contributed by atoms with Crippen molar-refractivity contribution in [1.29, 1.82) is 0 Å². The molecule has 2 aromatic carbocycles. The summed E-state index contributed by atoms with van der Waals surface area (Å²) in [6.45, 7) is 2.45. The molecule has 3 aromatic rings. The fourth-order valence-electron chi connectivity index (χ4n) is 3.44.